The lowest BCUT2D eigenvalue weighted by atomic mass is 10.1. The Bertz CT molecular complexity index is 1400. The molecule has 0 aliphatic rings. The van der Waals surface area contributed by atoms with E-state index in [9.17, 15) is 9.59 Å². The Morgan fingerprint density at radius 1 is 0.684 bits per heavy atom. The number of nitrogens with zero attached hydrogens (tertiary/aromatic N) is 6. The van der Waals surface area contributed by atoms with Crippen LogP contribution in [0.4, 0.5) is 0 Å². The number of rotatable bonds is 11. The molecule has 0 spiro atoms. The lowest BCUT2D eigenvalue weighted by Gasteiger charge is -2.09. The quantitative estimate of drug-likeness (QED) is 0.128. The van der Waals surface area contributed by atoms with Crippen molar-refractivity contribution >= 4 is 81.5 Å². The number of halogens is 4. The second kappa shape index (κ2) is 12.8. The summed E-state index contributed by atoms with van der Waals surface area (Å²) in [5, 5.41) is 19.9. The molecule has 0 unspecified atom stereocenters. The van der Waals surface area contributed by atoms with Crippen LogP contribution in [0.3, 0.4) is 0 Å². The van der Waals surface area contributed by atoms with Gasteiger partial charge in [-0.1, -0.05) is 69.9 Å². The zero-order valence-electron chi connectivity index (χ0n) is 20.1. The van der Waals surface area contributed by atoms with Crippen molar-refractivity contribution in [3.8, 4) is 11.6 Å². The van der Waals surface area contributed by atoms with Crippen LogP contribution >= 0.6 is 69.9 Å². The third kappa shape index (κ3) is 6.38. The first kappa shape index (κ1) is 28.9. The summed E-state index contributed by atoms with van der Waals surface area (Å²) in [5.41, 5.74) is 0.793. The third-order valence-electron chi connectivity index (χ3n) is 5.39. The summed E-state index contributed by atoms with van der Waals surface area (Å²) in [7, 11) is 0. The van der Waals surface area contributed by atoms with E-state index in [0.717, 1.165) is 0 Å². The van der Waals surface area contributed by atoms with Gasteiger partial charge in [0.15, 0.2) is 21.9 Å². The predicted molar refractivity (Wildman–Crippen MR) is 153 cm³/mol. The average molecular weight is 630 g/mol. The molecule has 2 aromatic carbocycles. The summed E-state index contributed by atoms with van der Waals surface area (Å²) in [5.74, 6) is 0.974. The first-order valence-electron chi connectivity index (χ1n) is 11.3. The van der Waals surface area contributed by atoms with Crippen LogP contribution in [-0.4, -0.2) is 52.6 Å². The maximum atomic E-state index is 12.7. The van der Waals surface area contributed by atoms with E-state index < -0.39 is 0 Å². The minimum Gasteiger partial charge on any atom is -0.300 e. The Hall–Kier alpha value is -2.08. The minimum atomic E-state index is -0.148. The molecule has 0 aliphatic carbocycles. The molecule has 0 fully saturated rings. The standard InChI is InChI=1S/C24H20Cl4N6O2S2/c1-3-33-21(29-31-23(33)37-11-19(35)15-7-5-13(25)9-17(15)27)22-30-32-24(34(22)4-2)38-12-20(36)16-8-6-14(26)10-18(16)28/h5-10H,3-4,11-12H2,1-2H3. The van der Waals surface area contributed by atoms with E-state index in [0.29, 0.717) is 66.3 Å². The monoisotopic (exact) mass is 628 g/mol. The van der Waals surface area contributed by atoms with E-state index in [1.807, 2.05) is 23.0 Å². The second-order valence-corrected chi connectivity index (χ2v) is 11.3. The smallest absolute Gasteiger partial charge is 0.202 e. The molecular formula is C24H20Cl4N6O2S2. The van der Waals surface area contributed by atoms with Crippen molar-refractivity contribution in [2.24, 2.45) is 0 Å². The van der Waals surface area contributed by atoms with Crippen molar-refractivity contribution in [1.82, 2.24) is 29.5 Å². The molecule has 0 atom stereocenters. The van der Waals surface area contributed by atoms with Crippen LogP contribution in [0.25, 0.3) is 11.6 Å². The number of thioether (sulfide) groups is 2. The summed E-state index contributed by atoms with van der Waals surface area (Å²) in [6, 6.07) is 9.55. The highest BCUT2D eigenvalue weighted by Crippen LogP contribution is 2.29. The molecule has 0 saturated carbocycles. The highest BCUT2D eigenvalue weighted by molar-refractivity contribution is 8.00. The van der Waals surface area contributed by atoms with Crippen LogP contribution in [0, 0.1) is 0 Å². The van der Waals surface area contributed by atoms with Gasteiger partial charge in [-0.2, -0.15) is 0 Å². The highest BCUT2D eigenvalue weighted by Gasteiger charge is 2.23. The summed E-state index contributed by atoms with van der Waals surface area (Å²) in [6.07, 6.45) is 0. The fourth-order valence-corrected chi connectivity index (χ4v) is 6.34. The van der Waals surface area contributed by atoms with Gasteiger partial charge in [0.2, 0.25) is 11.6 Å². The number of aromatic nitrogens is 6. The van der Waals surface area contributed by atoms with E-state index >= 15 is 0 Å². The molecule has 0 radical (unpaired) electrons. The molecule has 8 nitrogen and oxygen atoms in total. The van der Waals surface area contributed by atoms with Crippen LogP contribution in [0.1, 0.15) is 34.6 Å². The molecule has 38 heavy (non-hydrogen) atoms. The van der Waals surface area contributed by atoms with Gasteiger partial charge in [0.25, 0.3) is 0 Å². The molecule has 198 valence electrons. The fourth-order valence-electron chi connectivity index (χ4n) is 3.54. The van der Waals surface area contributed by atoms with E-state index in [4.69, 9.17) is 46.4 Å². The van der Waals surface area contributed by atoms with Crippen molar-refractivity contribution in [1.29, 1.82) is 0 Å². The number of benzene rings is 2. The number of ketones is 2. The van der Waals surface area contributed by atoms with E-state index in [1.54, 1.807) is 36.4 Å². The van der Waals surface area contributed by atoms with Gasteiger partial charge in [-0.05, 0) is 50.2 Å². The Morgan fingerprint density at radius 2 is 1.08 bits per heavy atom. The number of carbonyl (C=O) groups is 2. The van der Waals surface area contributed by atoms with Crippen molar-refractivity contribution in [2.75, 3.05) is 11.5 Å². The van der Waals surface area contributed by atoms with Gasteiger partial charge >= 0.3 is 0 Å². The molecule has 0 bridgehead atoms. The Labute approximate surface area is 247 Å². The first-order chi connectivity index (χ1) is 18.2. The molecular weight excluding hydrogens is 610 g/mol. The van der Waals surface area contributed by atoms with Crippen molar-refractivity contribution < 1.29 is 9.59 Å². The predicted octanol–water partition coefficient (Wildman–Crippen LogP) is 7.14. The van der Waals surface area contributed by atoms with Gasteiger partial charge in [-0.3, -0.25) is 18.7 Å². The Kier molecular flexibility index (Phi) is 9.78. The Balaban J connectivity index is 1.50. The van der Waals surface area contributed by atoms with Crippen molar-refractivity contribution in [2.45, 2.75) is 37.2 Å². The zero-order chi connectivity index (χ0) is 27.4. The van der Waals surface area contributed by atoms with Gasteiger partial charge < -0.3 is 0 Å². The molecule has 4 rings (SSSR count). The average Bonchev–Trinajstić information content (AvgIpc) is 3.48. The lowest BCUT2D eigenvalue weighted by Crippen LogP contribution is -2.08. The maximum Gasteiger partial charge on any atom is 0.202 e. The zero-order valence-corrected chi connectivity index (χ0v) is 24.8. The lowest BCUT2D eigenvalue weighted by molar-refractivity contribution is 0.101. The van der Waals surface area contributed by atoms with E-state index in [1.165, 1.54) is 23.5 Å². The summed E-state index contributed by atoms with van der Waals surface area (Å²) >= 11 is 26.7. The summed E-state index contributed by atoms with van der Waals surface area (Å²) < 4.78 is 3.73. The molecule has 2 aromatic heterocycles. The fraction of sp³-hybridized carbons (Fsp3) is 0.250. The van der Waals surface area contributed by atoms with Gasteiger partial charge in [-0.25, -0.2) is 0 Å². The van der Waals surface area contributed by atoms with E-state index in [2.05, 4.69) is 20.4 Å². The molecule has 2 heterocycles. The second-order valence-electron chi connectivity index (χ2n) is 7.77. The molecule has 0 N–H and O–H groups in total. The van der Waals surface area contributed by atoms with Crippen LogP contribution < -0.4 is 0 Å². The SMILES string of the molecule is CCn1c(SCC(=O)c2ccc(Cl)cc2Cl)nnc1-c1nnc(SCC(=O)c2ccc(Cl)cc2Cl)n1CC. The molecule has 14 heteroatoms. The van der Waals surface area contributed by atoms with Crippen LogP contribution in [0.2, 0.25) is 20.1 Å². The van der Waals surface area contributed by atoms with Gasteiger partial charge in [0, 0.05) is 34.3 Å². The Morgan fingerprint density at radius 3 is 1.42 bits per heavy atom. The molecule has 0 saturated heterocycles. The van der Waals surface area contributed by atoms with Crippen LogP contribution in [0.15, 0.2) is 46.7 Å². The van der Waals surface area contributed by atoms with Crippen molar-refractivity contribution in [3.63, 3.8) is 0 Å². The van der Waals surface area contributed by atoms with Gasteiger partial charge in [0.05, 0.1) is 21.6 Å². The van der Waals surface area contributed by atoms with Crippen molar-refractivity contribution in [3.05, 3.63) is 67.6 Å². The summed E-state index contributed by atoms with van der Waals surface area (Å²) in [4.78, 5) is 25.4. The largest absolute Gasteiger partial charge is 0.300 e. The number of hydrogen-bond acceptors (Lipinski definition) is 8. The van der Waals surface area contributed by atoms with Crippen LogP contribution in [0.5, 0.6) is 0 Å². The third-order valence-corrected chi connectivity index (χ3v) is 8.42. The number of carbonyl (C=O) groups excluding carboxylic acids is 2. The van der Waals surface area contributed by atoms with E-state index in [-0.39, 0.29) is 23.1 Å². The normalized spacial score (nSPS) is 11.2. The minimum absolute atomic E-state index is 0.121. The van der Waals surface area contributed by atoms with Crippen LogP contribution in [-0.2, 0) is 13.1 Å². The number of Topliss-reactive ketones (excluding diaryl/α,β-unsaturated/α-hetero) is 2. The summed E-state index contributed by atoms with van der Waals surface area (Å²) in [6.45, 7) is 5.00. The topological polar surface area (TPSA) is 95.6 Å². The first-order valence-corrected chi connectivity index (χ1v) is 14.8. The molecule has 0 aliphatic heterocycles. The molecule has 0 amide bonds. The molecule has 4 aromatic rings. The van der Waals surface area contributed by atoms with Gasteiger partial charge in [0.1, 0.15) is 0 Å². The number of hydrogen-bond donors (Lipinski definition) is 0. The highest BCUT2D eigenvalue weighted by atomic mass is 35.5. The van der Waals surface area contributed by atoms with Gasteiger partial charge in [-0.15, -0.1) is 20.4 Å². The maximum absolute atomic E-state index is 12.7.